The predicted molar refractivity (Wildman–Crippen MR) is 82.4 cm³/mol. The van der Waals surface area contributed by atoms with Gasteiger partial charge < -0.3 is 10.2 Å². The van der Waals surface area contributed by atoms with Crippen molar-refractivity contribution in [2.75, 3.05) is 5.73 Å². The Hall–Kier alpha value is -1.36. The molecule has 3 rings (SSSR count). The summed E-state index contributed by atoms with van der Waals surface area (Å²) >= 11 is 3.54. The number of rotatable bonds is 3. The number of aryl methyl sites for hydroxylation is 1. The van der Waals surface area contributed by atoms with Crippen LogP contribution in [0.2, 0.25) is 0 Å². The first-order valence-corrected chi connectivity index (χ1v) is 7.90. The second kappa shape index (κ2) is 5.56. The van der Waals surface area contributed by atoms with Gasteiger partial charge in [-0.15, -0.1) is 0 Å². The number of nitrogen functional groups attached to an aromatic ring is 1. The van der Waals surface area contributed by atoms with Crippen molar-refractivity contribution in [2.24, 2.45) is 0 Å². The normalized spacial score (nSPS) is 15.9. The third-order valence-corrected chi connectivity index (χ3v) is 4.69. The highest BCUT2D eigenvalue weighted by molar-refractivity contribution is 9.10. The Morgan fingerprint density at radius 3 is 2.70 bits per heavy atom. The molecule has 2 aromatic rings. The van der Waals surface area contributed by atoms with Crippen molar-refractivity contribution in [3.63, 3.8) is 0 Å². The molecule has 106 valence electrons. The van der Waals surface area contributed by atoms with Crippen LogP contribution in [0.4, 0.5) is 5.82 Å². The number of furan rings is 1. The van der Waals surface area contributed by atoms with Gasteiger partial charge in [-0.1, -0.05) is 19.8 Å². The van der Waals surface area contributed by atoms with Crippen LogP contribution in [0, 0.1) is 0 Å². The van der Waals surface area contributed by atoms with Crippen molar-refractivity contribution in [2.45, 2.75) is 44.9 Å². The van der Waals surface area contributed by atoms with E-state index in [1.165, 1.54) is 25.7 Å². The second-order valence-electron chi connectivity index (χ2n) is 5.23. The molecule has 1 fully saturated rings. The van der Waals surface area contributed by atoms with E-state index in [2.05, 4.69) is 27.8 Å². The molecule has 1 saturated carbocycles. The largest absolute Gasteiger partial charge is 0.458 e. The number of nitrogens with two attached hydrogens (primary N) is 1. The highest BCUT2D eigenvalue weighted by atomic mass is 79.9. The minimum Gasteiger partial charge on any atom is -0.458 e. The highest BCUT2D eigenvalue weighted by Gasteiger charge is 2.24. The lowest BCUT2D eigenvalue weighted by molar-refractivity contribution is 0.524. The van der Waals surface area contributed by atoms with E-state index in [-0.39, 0.29) is 0 Å². The molecule has 2 heterocycles. The van der Waals surface area contributed by atoms with Crippen LogP contribution in [-0.4, -0.2) is 9.97 Å². The quantitative estimate of drug-likeness (QED) is 0.907. The van der Waals surface area contributed by atoms with Crippen LogP contribution in [0.25, 0.3) is 11.6 Å². The van der Waals surface area contributed by atoms with Gasteiger partial charge in [-0.25, -0.2) is 9.97 Å². The molecule has 0 unspecified atom stereocenters. The Kier molecular flexibility index (Phi) is 3.78. The highest BCUT2D eigenvalue weighted by Crippen LogP contribution is 2.39. The molecule has 0 amide bonds. The smallest absolute Gasteiger partial charge is 0.197 e. The lowest BCUT2D eigenvalue weighted by Crippen LogP contribution is -2.05. The van der Waals surface area contributed by atoms with Gasteiger partial charge in [0.15, 0.2) is 11.6 Å². The molecule has 1 aliphatic rings. The van der Waals surface area contributed by atoms with Crippen molar-refractivity contribution in [3.05, 3.63) is 28.1 Å². The summed E-state index contributed by atoms with van der Waals surface area (Å²) in [6.45, 7) is 2.06. The summed E-state index contributed by atoms with van der Waals surface area (Å²) in [6.07, 6.45) is 5.73. The zero-order valence-electron chi connectivity index (χ0n) is 11.5. The predicted octanol–water partition coefficient (Wildman–Crippen LogP) is 4.30. The third-order valence-electron chi connectivity index (χ3n) is 3.87. The second-order valence-corrected chi connectivity index (χ2v) is 6.03. The molecule has 0 bridgehead atoms. The summed E-state index contributed by atoms with van der Waals surface area (Å²) in [6, 6.07) is 3.88. The number of halogens is 1. The van der Waals surface area contributed by atoms with Crippen LogP contribution in [-0.2, 0) is 6.42 Å². The molecule has 4 nitrogen and oxygen atoms in total. The van der Waals surface area contributed by atoms with Gasteiger partial charge in [-0.2, -0.15) is 0 Å². The minimum absolute atomic E-state index is 0.481. The fourth-order valence-electron chi connectivity index (χ4n) is 2.75. The Labute approximate surface area is 126 Å². The standard InChI is InChI=1S/C15H18BrN3O/c1-2-10-7-8-11(20-10)15-18-13(9-5-3-4-6-9)12(16)14(17)19-15/h7-9H,2-6H2,1H3,(H2,17,18,19). The van der Waals surface area contributed by atoms with E-state index in [1.807, 2.05) is 12.1 Å². The topological polar surface area (TPSA) is 64.9 Å². The summed E-state index contributed by atoms with van der Waals surface area (Å²) in [5, 5.41) is 0. The first-order valence-electron chi connectivity index (χ1n) is 7.11. The molecule has 0 atom stereocenters. The number of nitrogens with zero attached hydrogens (tertiary/aromatic N) is 2. The van der Waals surface area contributed by atoms with E-state index in [1.54, 1.807) is 0 Å². The molecule has 2 aromatic heterocycles. The van der Waals surface area contributed by atoms with Gasteiger partial charge in [-0.3, -0.25) is 0 Å². The lowest BCUT2D eigenvalue weighted by atomic mass is 10.0. The van der Waals surface area contributed by atoms with E-state index < -0.39 is 0 Å². The molecule has 1 aliphatic carbocycles. The van der Waals surface area contributed by atoms with E-state index in [9.17, 15) is 0 Å². The summed E-state index contributed by atoms with van der Waals surface area (Å²) in [5.41, 5.74) is 7.05. The van der Waals surface area contributed by atoms with Gasteiger partial charge >= 0.3 is 0 Å². The maximum absolute atomic E-state index is 6.03. The van der Waals surface area contributed by atoms with Crippen molar-refractivity contribution in [3.8, 4) is 11.6 Å². The van der Waals surface area contributed by atoms with Crippen molar-refractivity contribution in [1.82, 2.24) is 9.97 Å². The van der Waals surface area contributed by atoms with Crippen LogP contribution in [0.5, 0.6) is 0 Å². The summed E-state index contributed by atoms with van der Waals surface area (Å²) < 4.78 is 6.58. The molecule has 0 aromatic carbocycles. The van der Waals surface area contributed by atoms with Crippen LogP contribution >= 0.6 is 15.9 Å². The third kappa shape index (κ3) is 2.46. The van der Waals surface area contributed by atoms with Gasteiger partial charge in [0, 0.05) is 12.3 Å². The average molecular weight is 336 g/mol. The van der Waals surface area contributed by atoms with Crippen molar-refractivity contribution >= 4 is 21.7 Å². The van der Waals surface area contributed by atoms with Gasteiger partial charge in [0.25, 0.3) is 0 Å². The number of aromatic nitrogens is 2. The van der Waals surface area contributed by atoms with Crippen LogP contribution < -0.4 is 5.73 Å². The molecular weight excluding hydrogens is 318 g/mol. The van der Waals surface area contributed by atoms with Crippen LogP contribution in [0.15, 0.2) is 21.0 Å². The fourth-order valence-corrected chi connectivity index (χ4v) is 3.25. The lowest BCUT2D eigenvalue weighted by Gasteiger charge is -2.13. The van der Waals surface area contributed by atoms with Crippen molar-refractivity contribution in [1.29, 1.82) is 0 Å². The number of anilines is 1. The monoisotopic (exact) mass is 335 g/mol. The van der Waals surface area contributed by atoms with E-state index >= 15 is 0 Å². The van der Waals surface area contributed by atoms with Gasteiger partial charge in [-0.05, 0) is 40.9 Å². The molecule has 20 heavy (non-hydrogen) atoms. The minimum atomic E-state index is 0.481. The molecule has 0 saturated heterocycles. The van der Waals surface area contributed by atoms with Gasteiger partial charge in [0.2, 0.25) is 0 Å². The average Bonchev–Trinajstić information content (AvgIpc) is 3.11. The zero-order valence-corrected chi connectivity index (χ0v) is 13.1. The van der Waals surface area contributed by atoms with Crippen LogP contribution in [0.1, 0.15) is 50.0 Å². The van der Waals surface area contributed by atoms with E-state index in [0.29, 0.717) is 23.3 Å². The molecule has 0 aliphatic heterocycles. The maximum atomic E-state index is 6.03. The molecule has 2 N–H and O–H groups in total. The summed E-state index contributed by atoms with van der Waals surface area (Å²) in [5.74, 6) is 3.19. The van der Waals surface area contributed by atoms with E-state index in [4.69, 9.17) is 15.1 Å². The molecule has 5 heteroatoms. The maximum Gasteiger partial charge on any atom is 0.197 e. The van der Waals surface area contributed by atoms with Crippen molar-refractivity contribution < 1.29 is 4.42 Å². The first kappa shape index (κ1) is 13.6. The Bertz CT molecular complexity index is 618. The van der Waals surface area contributed by atoms with E-state index in [0.717, 1.165) is 22.3 Å². The first-order chi connectivity index (χ1) is 9.69. The SMILES string of the molecule is CCc1ccc(-c2nc(N)c(Br)c(C3CCCC3)n2)o1. The molecule has 0 spiro atoms. The number of hydrogen-bond acceptors (Lipinski definition) is 4. The Morgan fingerprint density at radius 2 is 2.05 bits per heavy atom. The molecule has 0 radical (unpaired) electrons. The van der Waals surface area contributed by atoms with Crippen LogP contribution in [0.3, 0.4) is 0 Å². The fraction of sp³-hybridized carbons (Fsp3) is 0.467. The Morgan fingerprint density at radius 1 is 1.30 bits per heavy atom. The zero-order chi connectivity index (χ0) is 14.1. The number of hydrogen-bond donors (Lipinski definition) is 1. The Balaban J connectivity index is 2.03. The van der Waals surface area contributed by atoms with Gasteiger partial charge in [0.05, 0.1) is 10.2 Å². The summed E-state index contributed by atoms with van der Waals surface area (Å²) in [7, 11) is 0. The van der Waals surface area contributed by atoms with Gasteiger partial charge in [0.1, 0.15) is 11.6 Å². The summed E-state index contributed by atoms with van der Waals surface area (Å²) in [4.78, 5) is 9.05. The molecular formula is C15H18BrN3O.